The van der Waals surface area contributed by atoms with Crippen molar-refractivity contribution in [3.8, 4) is 6.07 Å². The minimum absolute atomic E-state index is 0.102. The van der Waals surface area contributed by atoms with E-state index in [1.807, 2.05) is 37.3 Å². The lowest BCUT2D eigenvalue weighted by Gasteiger charge is -2.11. The normalized spacial score (nSPS) is 14.5. The molecule has 0 fully saturated rings. The third kappa shape index (κ3) is 2.89. The predicted molar refractivity (Wildman–Crippen MR) is 50.8 cm³/mol. The van der Waals surface area contributed by atoms with Gasteiger partial charge in [0.1, 0.15) is 0 Å². The summed E-state index contributed by atoms with van der Waals surface area (Å²) in [6.45, 7) is 1.81. The molecule has 68 valence electrons. The maximum atomic E-state index is 9.67. The molecule has 1 aromatic carbocycles. The third-order valence-corrected chi connectivity index (χ3v) is 1.98. The molecular formula is C11H13NO. The maximum absolute atomic E-state index is 9.67. The number of nitrogens with zero attached hydrogens (tertiary/aromatic N) is 1. The van der Waals surface area contributed by atoms with Crippen molar-refractivity contribution in [2.75, 3.05) is 0 Å². The summed E-state index contributed by atoms with van der Waals surface area (Å²) in [6.07, 6.45) is -0.0172. The number of hydrogen-bond acceptors (Lipinski definition) is 2. The Morgan fingerprint density at radius 3 is 2.54 bits per heavy atom. The van der Waals surface area contributed by atoms with Gasteiger partial charge in [0.25, 0.3) is 0 Å². The summed E-state index contributed by atoms with van der Waals surface area (Å²) in [5.41, 5.74) is 0.879. The SMILES string of the molecule is CC(C#N)CC(O)c1ccccc1. The summed E-state index contributed by atoms with van der Waals surface area (Å²) in [7, 11) is 0. The van der Waals surface area contributed by atoms with Crippen molar-refractivity contribution >= 4 is 0 Å². The fourth-order valence-electron chi connectivity index (χ4n) is 1.20. The summed E-state index contributed by atoms with van der Waals surface area (Å²) in [5, 5.41) is 18.2. The Labute approximate surface area is 78.4 Å². The number of aliphatic hydroxyl groups excluding tert-OH is 1. The predicted octanol–water partition coefficient (Wildman–Crippen LogP) is 2.27. The second-order valence-electron chi connectivity index (χ2n) is 3.19. The smallest absolute Gasteiger partial charge is 0.0802 e. The van der Waals surface area contributed by atoms with E-state index in [0.29, 0.717) is 6.42 Å². The Bertz CT molecular complexity index is 289. The third-order valence-electron chi connectivity index (χ3n) is 1.98. The zero-order valence-corrected chi connectivity index (χ0v) is 7.64. The van der Waals surface area contributed by atoms with Crippen molar-refractivity contribution in [1.29, 1.82) is 5.26 Å². The topological polar surface area (TPSA) is 44.0 Å². The molecule has 0 saturated heterocycles. The van der Waals surface area contributed by atoms with Crippen LogP contribution in [-0.4, -0.2) is 5.11 Å². The molecule has 0 bridgehead atoms. The molecule has 1 N–H and O–H groups in total. The van der Waals surface area contributed by atoms with Crippen LogP contribution >= 0.6 is 0 Å². The molecule has 0 aromatic heterocycles. The maximum Gasteiger partial charge on any atom is 0.0802 e. The zero-order valence-electron chi connectivity index (χ0n) is 7.64. The Morgan fingerprint density at radius 2 is 2.00 bits per heavy atom. The van der Waals surface area contributed by atoms with Crippen LogP contribution in [0.3, 0.4) is 0 Å². The van der Waals surface area contributed by atoms with Gasteiger partial charge in [0, 0.05) is 5.92 Å². The largest absolute Gasteiger partial charge is 0.388 e. The second kappa shape index (κ2) is 4.64. The molecular weight excluding hydrogens is 162 g/mol. The Balaban J connectivity index is 2.60. The minimum atomic E-state index is -0.518. The molecule has 1 rings (SSSR count). The van der Waals surface area contributed by atoms with Crippen molar-refractivity contribution in [2.24, 2.45) is 5.92 Å². The fraction of sp³-hybridized carbons (Fsp3) is 0.364. The lowest BCUT2D eigenvalue weighted by atomic mass is 9.99. The summed E-state index contributed by atoms with van der Waals surface area (Å²) in [4.78, 5) is 0. The van der Waals surface area contributed by atoms with Gasteiger partial charge in [0.15, 0.2) is 0 Å². The first-order valence-electron chi connectivity index (χ1n) is 4.36. The van der Waals surface area contributed by atoms with Crippen LogP contribution in [0, 0.1) is 17.2 Å². The molecule has 0 aliphatic heterocycles. The lowest BCUT2D eigenvalue weighted by molar-refractivity contribution is 0.156. The van der Waals surface area contributed by atoms with E-state index in [1.54, 1.807) is 0 Å². The molecule has 2 unspecified atom stereocenters. The van der Waals surface area contributed by atoms with Crippen molar-refractivity contribution in [1.82, 2.24) is 0 Å². The molecule has 0 aliphatic carbocycles. The first kappa shape index (κ1) is 9.76. The van der Waals surface area contributed by atoms with Crippen molar-refractivity contribution in [3.63, 3.8) is 0 Å². The van der Waals surface area contributed by atoms with E-state index in [0.717, 1.165) is 5.56 Å². The summed E-state index contributed by atoms with van der Waals surface area (Å²) in [5.74, 6) is -0.102. The Kier molecular flexibility index (Phi) is 3.48. The van der Waals surface area contributed by atoms with E-state index in [2.05, 4.69) is 6.07 Å². The van der Waals surface area contributed by atoms with Gasteiger partial charge in [-0.15, -0.1) is 0 Å². The highest BCUT2D eigenvalue weighted by atomic mass is 16.3. The fourth-order valence-corrected chi connectivity index (χ4v) is 1.20. The number of hydrogen-bond donors (Lipinski definition) is 1. The quantitative estimate of drug-likeness (QED) is 0.765. The van der Waals surface area contributed by atoms with Gasteiger partial charge in [0.05, 0.1) is 12.2 Å². The number of aliphatic hydroxyl groups is 1. The second-order valence-corrected chi connectivity index (χ2v) is 3.19. The van der Waals surface area contributed by atoms with Gasteiger partial charge in [-0.3, -0.25) is 0 Å². The first-order valence-corrected chi connectivity index (χ1v) is 4.36. The van der Waals surface area contributed by atoms with Gasteiger partial charge in [-0.05, 0) is 18.9 Å². The van der Waals surface area contributed by atoms with Gasteiger partial charge < -0.3 is 5.11 Å². The molecule has 0 amide bonds. The van der Waals surface area contributed by atoms with Crippen LogP contribution in [0.5, 0.6) is 0 Å². The van der Waals surface area contributed by atoms with E-state index in [-0.39, 0.29) is 5.92 Å². The average molecular weight is 175 g/mol. The van der Waals surface area contributed by atoms with Crippen LogP contribution in [0.15, 0.2) is 30.3 Å². The van der Waals surface area contributed by atoms with Crippen LogP contribution in [0.4, 0.5) is 0 Å². The van der Waals surface area contributed by atoms with Crippen LogP contribution in [0.1, 0.15) is 25.0 Å². The van der Waals surface area contributed by atoms with E-state index < -0.39 is 6.10 Å². The van der Waals surface area contributed by atoms with Crippen molar-refractivity contribution < 1.29 is 5.11 Å². The average Bonchev–Trinajstić information content (AvgIpc) is 2.19. The summed E-state index contributed by atoms with van der Waals surface area (Å²) < 4.78 is 0. The minimum Gasteiger partial charge on any atom is -0.388 e. The first-order chi connectivity index (χ1) is 6.24. The molecule has 1 aromatic rings. The molecule has 0 heterocycles. The van der Waals surface area contributed by atoms with Gasteiger partial charge in [-0.25, -0.2) is 0 Å². The highest BCUT2D eigenvalue weighted by Gasteiger charge is 2.10. The highest BCUT2D eigenvalue weighted by Crippen LogP contribution is 2.19. The summed E-state index contributed by atoms with van der Waals surface area (Å²) >= 11 is 0. The lowest BCUT2D eigenvalue weighted by Crippen LogP contribution is -2.02. The van der Waals surface area contributed by atoms with Gasteiger partial charge >= 0.3 is 0 Å². The number of nitriles is 1. The highest BCUT2D eigenvalue weighted by molar-refractivity contribution is 5.17. The van der Waals surface area contributed by atoms with E-state index in [4.69, 9.17) is 5.26 Å². The molecule has 2 nitrogen and oxygen atoms in total. The van der Waals surface area contributed by atoms with Crippen LogP contribution in [0.2, 0.25) is 0 Å². The Hall–Kier alpha value is -1.33. The van der Waals surface area contributed by atoms with E-state index in [9.17, 15) is 5.11 Å². The van der Waals surface area contributed by atoms with Crippen molar-refractivity contribution in [2.45, 2.75) is 19.4 Å². The molecule has 0 aliphatic rings. The molecule has 2 heteroatoms. The van der Waals surface area contributed by atoms with Crippen molar-refractivity contribution in [3.05, 3.63) is 35.9 Å². The molecule has 0 radical (unpaired) electrons. The van der Waals surface area contributed by atoms with E-state index >= 15 is 0 Å². The molecule has 0 spiro atoms. The number of rotatable bonds is 3. The van der Waals surface area contributed by atoms with E-state index in [1.165, 1.54) is 0 Å². The standard InChI is InChI=1S/C11H13NO/c1-9(8-12)7-11(13)10-5-3-2-4-6-10/h2-6,9,11,13H,7H2,1H3. The van der Waals surface area contributed by atoms with Crippen LogP contribution < -0.4 is 0 Å². The van der Waals surface area contributed by atoms with Gasteiger partial charge in [-0.2, -0.15) is 5.26 Å². The Morgan fingerprint density at radius 1 is 1.38 bits per heavy atom. The monoisotopic (exact) mass is 175 g/mol. The molecule has 2 atom stereocenters. The van der Waals surface area contributed by atoms with Crippen LogP contribution in [0.25, 0.3) is 0 Å². The molecule has 0 saturated carbocycles. The van der Waals surface area contributed by atoms with Gasteiger partial charge in [-0.1, -0.05) is 30.3 Å². The zero-order chi connectivity index (χ0) is 9.68. The summed E-state index contributed by atoms with van der Waals surface area (Å²) in [6, 6.07) is 11.5. The number of benzene rings is 1. The van der Waals surface area contributed by atoms with Crippen LogP contribution in [-0.2, 0) is 0 Å². The van der Waals surface area contributed by atoms with Gasteiger partial charge in [0.2, 0.25) is 0 Å². The molecule has 13 heavy (non-hydrogen) atoms.